The van der Waals surface area contributed by atoms with E-state index in [-0.39, 0.29) is 29.7 Å². The molecule has 6 heteroatoms. The second-order valence-electron chi connectivity index (χ2n) is 8.55. The maximum Gasteiger partial charge on any atom is 0.291 e. The Bertz CT molecular complexity index is 834. The van der Waals surface area contributed by atoms with Crippen LogP contribution < -0.4 is 10.6 Å². The van der Waals surface area contributed by atoms with E-state index in [1.807, 2.05) is 37.4 Å². The van der Waals surface area contributed by atoms with Crippen LogP contribution in [0.25, 0.3) is 0 Å². The lowest BCUT2D eigenvalue weighted by molar-refractivity contribution is -0.738. The third-order valence-corrected chi connectivity index (χ3v) is 6.55. The van der Waals surface area contributed by atoms with E-state index in [0.717, 1.165) is 29.7 Å². The Morgan fingerprint density at radius 1 is 1.22 bits per heavy atom. The van der Waals surface area contributed by atoms with Gasteiger partial charge in [-0.25, -0.2) is 0 Å². The quantitative estimate of drug-likeness (QED) is 0.780. The van der Waals surface area contributed by atoms with Crippen molar-refractivity contribution in [3.63, 3.8) is 0 Å². The minimum absolute atomic E-state index is 0.0877. The third-order valence-electron chi connectivity index (χ3n) is 6.55. The molecular formula is C21H28N3O3+. The number of carbonyl (C=O) groups is 3. The third kappa shape index (κ3) is 2.32. The molecule has 0 aromatic heterocycles. The number of nitrogens with two attached hydrogens (primary N) is 1. The van der Waals surface area contributed by atoms with Gasteiger partial charge in [0.15, 0.2) is 0 Å². The number of rotatable bonds is 4. The van der Waals surface area contributed by atoms with Gasteiger partial charge >= 0.3 is 0 Å². The molecule has 0 unspecified atom stereocenters. The Morgan fingerprint density at radius 2 is 1.96 bits per heavy atom. The van der Waals surface area contributed by atoms with E-state index < -0.39 is 17.4 Å². The largest absolute Gasteiger partial charge is 0.326 e. The summed E-state index contributed by atoms with van der Waals surface area (Å²) in [6, 6.07) is 5.77. The van der Waals surface area contributed by atoms with Crippen molar-refractivity contribution in [2.45, 2.75) is 52.1 Å². The highest BCUT2D eigenvalue weighted by atomic mass is 16.2. The summed E-state index contributed by atoms with van der Waals surface area (Å²) in [5, 5.41) is 4.99. The second-order valence-corrected chi connectivity index (χ2v) is 8.55. The van der Waals surface area contributed by atoms with Gasteiger partial charge < -0.3 is 10.6 Å². The number of nitrogens with one attached hydrogen (secondary N) is 1. The lowest BCUT2D eigenvalue weighted by atomic mass is 9.75. The number of unbranched alkanes of at least 4 members (excludes halogenated alkanes) is 1. The Hall–Kier alpha value is -2.21. The lowest BCUT2D eigenvalue weighted by Crippen LogP contribution is -2.99. The van der Waals surface area contributed by atoms with Gasteiger partial charge in [-0.2, -0.15) is 0 Å². The van der Waals surface area contributed by atoms with E-state index in [4.69, 9.17) is 0 Å². The smallest absolute Gasteiger partial charge is 0.291 e. The maximum atomic E-state index is 13.4. The highest BCUT2D eigenvalue weighted by Crippen LogP contribution is 2.50. The van der Waals surface area contributed by atoms with Crippen molar-refractivity contribution in [1.29, 1.82) is 0 Å². The van der Waals surface area contributed by atoms with Crippen LogP contribution in [0.1, 0.15) is 44.7 Å². The summed E-state index contributed by atoms with van der Waals surface area (Å²) < 4.78 is 0. The minimum atomic E-state index is -1.03. The van der Waals surface area contributed by atoms with Crippen LogP contribution in [0, 0.1) is 24.7 Å². The van der Waals surface area contributed by atoms with Gasteiger partial charge in [-0.3, -0.25) is 19.3 Å². The molecule has 27 heavy (non-hydrogen) atoms. The molecule has 1 aromatic rings. The van der Waals surface area contributed by atoms with Crippen molar-refractivity contribution in [3.05, 3.63) is 29.3 Å². The van der Waals surface area contributed by atoms with Crippen molar-refractivity contribution in [1.82, 2.24) is 4.90 Å². The van der Waals surface area contributed by atoms with Gasteiger partial charge in [0, 0.05) is 18.0 Å². The van der Waals surface area contributed by atoms with Gasteiger partial charge in [-0.1, -0.05) is 38.8 Å². The molecule has 2 fully saturated rings. The molecule has 0 bridgehead atoms. The van der Waals surface area contributed by atoms with Crippen LogP contribution in [0.2, 0.25) is 0 Å². The first-order valence-electron chi connectivity index (χ1n) is 9.96. The molecule has 3 amide bonds. The molecular weight excluding hydrogens is 342 g/mol. The van der Waals surface area contributed by atoms with Gasteiger partial charge in [0.2, 0.25) is 17.4 Å². The van der Waals surface area contributed by atoms with E-state index in [0.29, 0.717) is 6.54 Å². The zero-order valence-electron chi connectivity index (χ0n) is 16.4. The second kappa shape index (κ2) is 6.16. The summed E-state index contributed by atoms with van der Waals surface area (Å²) in [7, 11) is 0. The van der Waals surface area contributed by atoms with Gasteiger partial charge in [0.25, 0.3) is 5.91 Å². The van der Waals surface area contributed by atoms with Crippen LogP contribution in [0.15, 0.2) is 18.2 Å². The Kier molecular flexibility index (Phi) is 4.14. The van der Waals surface area contributed by atoms with E-state index in [9.17, 15) is 14.4 Å². The molecule has 0 radical (unpaired) electrons. The Morgan fingerprint density at radius 3 is 2.63 bits per heavy atom. The number of anilines is 1. The molecule has 2 saturated heterocycles. The van der Waals surface area contributed by atoms with Crippen LogP contribution in [0.4, 0.5) is 5.69 Å². The number of quaternary nitrogens is 1. The fourth-order valence-electron chi connectivity index (χ4n) is 5.20. The minimum Gasteiger partial charge on any atom is -0.326 e. The first kappa shape index (κ1) is 18.2. The number of hydrogen-bond acceptors (Lipinski definition) is 3. The lowest BCUT2D eigenvalue weighted by Gasteiger charge is -2.27. The molecule has 3 heterocycles. The number of likely N-dealkylation sites (tertiary alicyclic amines) is 1. The fraction of sp³-hybridized carbons (Fsp3) is 0.571. The Balaban J connectivity index is 1.86. The number of nitrogens with zero attached hydrogens (tertiary/aromatic N) is 1. The molecule has 3 aliphatic rings. The van der Waals surface area contributed by atoms with E-state index in [2.05, 4.69) is 19.2 Å². The maximum absolute atomic E-state index is 13.4. The van der Waals surface area contributed by atoms with Crippen LogP contribution in [0.3, 0.4) is 0 Å². The fourth-order valence-corrected chi connectivity index (χ4v) is 5.20. The molecule has 0 saturated carbocycles. The van der Waals surface area contributed by atoms with Gasteiger partial charge in [0.05, 0.1) is 5.69 Å². The molecule has 1 aromatic carbocycles. The summed E-state index contributed by atoms with van der Waals surface area (Å²) in [6.45, 7) is 8.60. The van der Waals surface area contributed by atoms with E-state index >= 15 is 0 Å². The highest BCUT2D eigenvalue weighted by Gasteiger charge is 2.74. The predicted octanol–water partition coefficient (Wildman–Crippen LogP) is 1.15. The zero-order chi connectivity index (χ0) is 19.5. The average Bonchev–Trinajstić information content (AvgIpc) is 3.20. The van der Waals surface area contributed by atoms with Crippen LogP contribution in [-0.4, -0.2) is 35.2 Å². The number of carbonyl (C=O) groups excluding carboxylic acids is 3. The molecule has 3 aliphatic heterocycles. The molecule has 3 N–H and O–H groups in total. The number of hydrogen-bond donors (Lipinski definition) is 2. The number of fused-ring (bicyclic) bond motifs is 4. The molecule has 4 rings (SSSR count). The molecule has 144 valence electrons. The standard InChI is InChI=1S/C21H27N3O3/c1-5-6-9-24-18(25)15-16(19(24)26)21(23-17(15)11(2)3)13-10-12(4)7-8-14(13)22-20(21)27/h7-8,10-11,15-17,23H,5-6,9H2,1-4H3,(H,22,27)/p+1/t15-,16-,17-,21+/m0/s1. The highest BCUT2D eigenvalue weighted by molar-refractivity contribution is 6.13. The van der Waals surface area contributed by atoms with Crippen molar-refractivity contribution < 1.29 is 19.7 Å². The van der Waals surface area contributed by atoms with Crippen LogP contribution >= 0.6 is 0 Å². The van der Waals surface area contributed by atoms with E-state index in [1.165, 1.54) is 4.90 Å². The summed E-state index contributed by atoms with van der Waals surface area (Å²) in [6.07, 6.45) is 1.71. The summed E-state index contributed by atoms with van der Waals surface area (Å²) in [5.41, 5.74) is 1.62. The normalized spacial score (nSPS) is 31.8. The van der Waals surface area contributed by atoms with Crippen LogP contribution in [0.5, 0.6) is 0 Å². The van der Waals surface area contributed by atoms with Gasteiger partial charge in [-0.05, 0) is 25.5 Å². The SMILES string of the molecule is CCCCN1C(=O)[C@H]2[C@@H](C1=O)[C@@]1([NH2+][C@H]2C(C)C)C(=O)Nc2ccc(C)cc21. The van der Waals surface area contributed by atoms with Crippen molar-refractivity contribution in [2.24, 2.45) is 17.8 Å². The van der Waals surface area contributed by atoms with Crippen LogP contribution in [-0.2, 0) is 19.9 Å². The predicted molar refractivity (Wildman–Crippen MR) is 101 cm³/mol. The first-order chi connectivity index (χ1) is 12.8. The topological polar surface area (TPSA) is 83.1 Å². The van der Waals surface area contributed by atoms with Crippen molar-refractivity contribution in [3.8, 4) is 0 Å². The molecule has 0 aliphatic carbocycles. The molecule has 4 atom stereocenters. The number of amides is 3. The molecule has 6 nitrogen and oxygen atoms in total. The Labute approximate surface area is 159 Å². The molecule has 1 spiro atoms. The summed E-state index contributed by atoms with van der Waals surface area (Å²) in [5.74, 6) is -1.33. The number of aryl methyl sites for hydroxylation is 1. The van der Waals surface area contributed by atoms with Crippen molar-refractivity contribution in [2.75, 3.05) is 11.9 Å². The monoisotopic (exact) mass is 370 g/mol. The van der Waals surface area contributed by atoms with Gasteiger partial charge in [-0.15, -0.1) is 0 Å². The zero-order valence-corrected chi connectivity index (χ0v) is 16.4. The number of benzene rings is 1. The van der Waals surface area contributed by atoms with Crippen molar-refractivity contribution >= 4 is 23.4 Å². The van der Waals surface area contributed by atoms with E-state index in [1.54, 1.807) is 0 Å². The average molecular weight is 370 g/mol. The number of imide groups is 1. The van der Waals surface area contributed by atoms with Gasteiger partial charge in [0.1, 0.15) is 17.9 Å². The summed E-state index contributed by atoms with van der Waals surface area (Å²) >= 11 is 0. The first-order valence-corrected chi connectivity index (χ1v) is 9.96. The summed E-state index contributed by atoms with van der Waals surface area (Å²) in [4.78, 5) is 41.2.